The van der Waals surface area contributed by atoms with Gasteiger partial charge in [-0.1, -0.05) is 24.3 Å². The summed E-state index contributed by atoms with van der Waals surface area (Å²) in [4.78, 5) is 27.7. The maximum atomic E-state index is 12.3. The standard InChI is InChI=1S/C18H14N2O5/c21-14-7-4-10(8-15(14)22)9-19-17(23)13-6-5-11-2-1-3-12(18(24)25)16(11)20-13/h1-8,21-22H,9H2,(H,19,23)(H,24,25). The molecule has 1 aromatic heterocycles. The molecule has 3 rings (SSSR count). The van der Waals surface area contributed by atoms with Crippen LogP contribution in [0, 0.1) is 0 Å². The Morgan fingerprint density at radius 1 is 1.00 bits per heavy atom. The van der Waals surface area contributed by atoms with E-state index in [2.05, 4.69) is 10.3 Å². The second kappa shape index (κ2) is 6.48. The molecule has 25 heavy (non-hydrogen) atoms. The Balaban J connectivity index is 1.83. The number of aromatic hydroxyl groups is 2. The first-order chi connectivity index (χ1) is 12.0. The van der Waals surface area contributed by atoms with Crippen LogP contribution in [0.1, 0.15) is 26.4 Å². The van der Waals surface area contributed by atoms with Crippen LogP contribution in [0.15, 0.2) is 48.5 Å². The Morgan fingerprint density at radius 2 is 1.80 bits per heavy atom. The minimum absolute atomic E-state index is 0.0237. The second-order valence-corrected chi connectivity index (χ2v) is 5.38. The molecule has 7 nitrogen and oxygen atoms in total. The van der Waals surface area contributed by atoms with Crippen LogP contribution in [0.25, 0.3) is 10.9 Å². The van der Waals surface area contributed by atoms with Gasteiger partial charge < -0.3 is 20.6 Å². The van der Waals surface area contributed by atoms with Gasteiger partial charge in [0.2, 0.25) is 0 Å². The summed E-state index contributed by atoms with van der Waals surface area (Å²) in [6.45, 7) is 0.118. The molecule has 0 radical (unpaired) electrons. The first-order valence-corrected chi connectivity index (χ1v) is 7.38. The van der Waals surface area contributed by atoms with E-state index in [0.717, 1.165) is 0 Å². The number of amides is 1. The van der Waals surface area contributed by atoms with Gasteiger partial charge in [0.15, 0.2) is 11.5 Å². The molecule has 3 aromatic rings. The van der Waals surface area contributed by atoms with Gasteiger partial charge in [-0.05, 0) is 29.8 Å². The van der Waals surface area contributed by atoms with Crippen molar-refractivity contribution in [3.63, 3.8) is 0 Å². The summed E-state index contributed by atoms with van der Waals surface area (Å²) in [5.41, 5.74) is 0.945. The van der Waals surface area contributed by atoms with Crippen molar-refractivity contribution in [3.8, 4) is 11.5 Å². The van der Waals surface area contributed by atoms with Crippen molar-refractivity contribution >= 4 is 22.8 Å². The van der Waals surface area contributed by atoms with Crippen LogP contribution in [0.3, 0.4) is 0 Å². The van der Waals surface area contributed by atoms with Crippen molar-refractivity contribution in [2.75, 3.05) is 0 Å². The van der Waals surface area contributed by atoms with E-state index in [-0.39, 0.29) is 34.8 Å². The van der Waals surface area contributed by atoms with Crippen LogP contribution in [-0.4, -0.2) is 32.2 Å². The van der Waals surface area contributed by atoms with Crippen molar-refractivity contribution in [2.45, 2.75) is 6.54 Å². The van der Waals surface area contributed by atoms with E-state index in [1.165, 1.54) is 24.3 Å². The van der Waals surface area contributed by atoms with Crippen LogP contribution >= 0.6 is 0 Å². The van der Waals surface area contributed by atoms with E-state index in [1.807, 2.05) is 0 Å². The lowest BCUT2D eigenvalue weighted by Crippen LogP contribution is -2.23. The van der Waals surface area contributed by atoms with Crippen LogP contribution in [-0.2, 0) is 6.54 Å². The largest absolute Gasteiger partial charge is 0.504 e. The fourth-order valence-corrected chi connectivity index (χ4v) is 2.40. The highest BCUT2D eigenvalue weighted by atomic mass is 16.4. The number of hydrogen-bond donors (Lipinski definition) is 4. The second-order valence-electron chi connectivity index (χ2n) is 5.38. The topological polar surface area (TPSA) is 120 Å². The maximum Gasteiger partial charge on any atom is 0.337 e. The van der Waals surface area contributed by atoms with Crippen molar-refractivity contribution in [3.05, 3.63) is 65.4 Å². The molecule has 0 atom stereocenters. The van der Waals surface area contributed by atoms with E-state index in [9.17, 15) is 24.9 Å². The van der Waals surface area contributed by atoms with Crippen molar-refractivity contribution in [2.24, 2.45) is 0 Å². The molecule has 0 aliphatic rings. The number of para-hydroxylation sites is 1. The van der Waals surface area contributed by atoms with Crippen LogP contribution < -0.4 is 5.32 Å². The molecule has 2 aromatic carbocycles. The van der Waals surface area contributed by atoms with Crippen LogP contribution in [0.5, 0.6) is 11.5 Å². The predicted molar refractivity (Wildman–Crippen MR) is 89.6 cm³/mol. The quantitative estimate of drug-likeness (QED) is 0.542. The Hall–Kier alpha value is -3.61. The number of benzene rings is 2. The van der Waals surface area contributed by atoms with E-state index >= 15 is 0 Å². The zero-order chi connectivity index (χ0) is 18.0. The van der Waals surface area contributed by atoms with Gasteiger partial charge in [-0.2, -0.15) is 0 Å². The first kappa shape index (κ1) is 16.3. The number of nitrogens with one attached hydrogen (secondary N) is 1. The number of carboxylic acids is 1. The molecule has 1 amide bonds. The van der Waals surface area contributed by atoms with Crippen LogP contribution in [0.4, 0.5) is 0 Å². The normalized spacial score (nSPS) is 10.6. The van der Waals surface area contributed by atoms with Crippen LogP contribution in [0.2, 0.25) is 0 Å². The molecular weight excluding hydrogens is 324 g/mol. The lowest BCUT2D eigenvalue weighted by molar-refractivity contribution is 0.0698. The monoisotopic (exact) mass is 338 g/mol. The Bertz CT molecular complexity index is 984. The van der Waals surface area contributed by atoms with Crippen molar-refractivity contribution < 1.29 is 24.9 Å². The molecule has 1 heterocycles. The van der Waals surface area contributed by atoms with Gasteiger partial charge >= 0.3 is 5.97 Å². The summed E-state index contributed by atoms with van der Waals surface area (Å²) >= 11 is 0. The van der Waals surface area contributed by atoms with E-state index in [1.54, 1.807) is 24.3 Å². The highest BCUT2D eigenvalue weighted by molar-refractivity contribution is 6.03. The SMILES string of the molecule is O=C(NCc1ccc(O)c(O)c1)c1ccc2cccc(C(=O)O)c2n1. The summed E-state index contributed by atoms with van der Waals surface area (Å²) in [5, 5.41) is 31.2. The molecule has 4 N–H and O–H groups in total. The number of carbonyl (C=O) groups is 2. The number of fused-ring (bicyclic) bond motifs is 1. The number of carboxylic acid groups (broad SMARTS) is 1. The molecule has 0 saturated heterocycles. The highest BCUT2D eigenvalue weighted by Crippen LogP contribution is 2.24. The fraction of sp³-hybridized carbons (Fsp3) is 0.0556. The average Bonchev–Trinajstić information content (AvgIpc) is 2.61. The fourth-order valence-electron chi connectivity index (χ4n) is 2.40. The van der Waals surface area contributed by atoms with Gasteiger partial charge in [0.25, 0.3) is 5.91 Å². The third kappa shape index (κ3) is 3.35. The third-order valence-corrected chi connectivity index (χ3v) is 3.68. The molecule has 0 spiro atoms. The number of pyridine rings is 1. The molecule has 0 bridgehead atoms. The average molecular weight is 338 g/mol. The molecule has 126 valence electrons. The number of phenols is 2. The Kier molecular flexibility index (Phi) is 4.21. The molecule has 0 aliphatic carbocycles. The molecule has 0 saturated carbocycles. The molecular formula is C18H14N2O5. The summed E-state index contributed by atoms with van der Waals surface area (Å²) in [6, 6.07) is 12.1. The minimum atomic E-state index is -1.12. The molecule has 0 fully saturated rings. The summed E-state index contributed by atoms with van der Waals surface area (Å²) in [5.74, 6) is -2.11. The number of rotatable bonds is 4. The molecule has 0 unspecified atom stereocenters. The number of phenolic OH excluding ortho intramolecular Hbond substituents is 2. The van der Waals surface area contributed by atoms with Gasteiger partial charge in [-0.25, -0.2) is 9.78 Å². The lowest BCUT2D eigenvalue weighted by atomic mass is 10.1. The Labute approximate surface area is 142 Å². The first-order valence-electron chi connectivity index (χ1n) is 7.38. The van der Waals surface area contributed by atoms with Gasteiger partial charge in [0.1, 0.15) is 5.69 Å². The smallest absolute Gasteiger partial charge is 0.337 e. The molecule has 7 heteroatoms. The van der Waals surface area contributed by atoms with E-state index in [0.29, 0.717) is 10.9 Å². The van der Waals surface area contributed by atoms with Crippen molar-refractivity contribution in [1.29, 1.82) is 0 Å². The number of aromatic nitrogens is 1. The minimum Gasteiger partial charge on any atom is -0.504 e. The summed E-state index contributed by atoms with van der Waals surface area (Å²) < 4.78 is 0. The number of carbonyl (C=O) groups excluding carboxylic acids is 1. The summed E-state index contributed by atoms with van der Waals surface area (Å²) in [7, 11) is 0. The number of nitrogens with zero attached hydrogens (tertiary/aromatic N) is 1. The number of hydrogen-bond acceptors (Lipinski definition) is 5. The van der Waals surface area contributed by atoms with E-state index in [4.69, 9.17) is 0 Å². The van der Waals surface area contributed by atoms with Gasteiger partial charge in [0, 0.05) is 11.9 Å². The predicted octanol–water partition coefficient (Wildman–Crippen LogP) is 2.27. The lowest BCUT2D eigenvalue weighted by Gasteiger charge is -2.08. The maximum absolute atomic E-state index is 12.3. The van der Waals surface area contributed by atoms with Gasteiger partial charge in [-0.15, -0.1) is 0 Å². The van der Waals surface area contributed by atoms with Crippen molar-refractivity contribution in [1.82, 2.24) is 10.3 Å². The van der Waals surface area contributed by atoms with E-state index < -0.39 is 11.9 Å². The molecule has 0 aliphatic heterocycles. The van der Waals surface area contributed by atoms with Gasteiger partial charge in [-0.3, -0.25) is 4.79 Å². The zero-order valence-electron chi connectivity index (χ0n) is 12.9. The highest BCUT2D eigenvalue weighted by Gasteiger charge is 2.13. The third-order valence-electron chi connectivity index (χ3n) is 3.68. The summed E-state index contributed by atoms with van der Waals surface area (Å²) in [6.07, 6.45) is 0. The number of aromatic carboxylic acids is 1. The zero-order valence-corrected chi connectivity index (χ0v) is 12.9. The van der Waals surface area contributed by atoms with Gasteiger partial charge in [0.05, 0.1) is 11.1 Å². The Morgan fingerprint density at radius 3 is 2.52 bits per heavy atom.